The quantitative estimate of drug-likeness (QED) is 0.197. The van der Waals surface area contributed by atoms with E-state index in [1.807, 2.05) is 12.1 Å². The zero-order valence-electron chi connectivity index (χ0n) is 21.4. The minimum Gasteiger partial charge on any atom is -0.507 e. The Labute approximate surface area is 208 Å². The number of hydrogen-bond acceptors (Lipinski definition) is 3. The van der Waals surface area contributed by atoms with E-state index in [9.17, 15) is 13.5 Å². The topological polar surface area (TPSA) is 80.4 Å². The molecule has 2 aromatic rings. The third kappa shape index (κ3) is 11.7. The Morgan fingerprint density at radius 3 is 1.65 bits per heavy atom. The molecular weight excluding hydrogens is 442 g/mol. The fraction of sp³-hybridized carbons (Fsp3) is 0.655. The molecule has 0 aromatic heterocycles. The van der Waals surface area contributed by atoms with Crippen LogP contribution in [0.1, 0.15) is 114 Å². The fourth-order valence-electron chi connectivity index (χ4n) is 4.91. The number of benzene rings is 2. The second-order valence-corrected chi connectivity index (χ2v) is 11.7. The molecule has 0 heterocycles. The number of unbranched alkanes of at least 4 members (excludes halogenated alkanes) is 15. The van der Waals surface area contributed by atoms with Crippen LogP contribution in [0, 0.1) is 6.92 Å². The van der Waals surface area contributed by atoms with Gasteiger partial charge >= 0.3 is 0 Å². The highest BCUT2D eigenvalue weighted by Crippen LogP contribution is 2.31. The Hall–Kier alpha value is -1.59. The van der Waals surface area contributed by atoms with Gasteiger partial charge in [0.05, 0.1) is 5.75 Å². The summed E-state index contributed by atoms with van der Waals surface area (Å²) in [6.45, 7) is 2.11. The van der Waals surface area contributed by atoms with Gasteiger partial charge in [0, 0.05) is 5.39 Å². The predicted octanol–water partition coefficient (Wildman–Crippen LogP) is 7.93. The van der Waals surface area contributed by atoms with E-state index in [2.05, 4.69) is 25.1 Å². The number of aromatic hydroxyl groups is 1. The molecule has 2 aromatic carbocycles. The van der Waals surface area contributed by atoms with Gasteiger partial charge in [-0.2, -0.15) is 0 Å². The maximum absolute atomic E-state index is 10.9. The number of aryl methyl sites for hydroxylation is 2. The number of nitrogens with two attached hydrogens (primary N) is 1. The van der Waals surface area contributed by atoms with E-state index < -0.39 is 10.0 Å². The Kier molecular flexibility index (Phi) is 13.6. The number of hydrogen-bond donors (Lipinski definition) is 2. The lowest BCUT2D eigenvalue weighted by molar-refractivity contribution is 0.481. The number of primary sulfonamides is 1. The number of fused-ring (bicyclic) bond motifs is 1. The average molecular weight is 490 g/mol. The van der Waals surface area contributed by atoms with E-state index in [4.69, 9.17) is 5.14 Å². The van der Waals surface area contributed by atoms with Crippen molar-refractivity contribution in [2.45, 2.75) is 116 Å². The van der Waals surface area contributed by atoms with Gasteiger partial charge in [-0.1, -0.05) is 114 Å². The molecule has 0 amide bonds. The molecule has 34 heavy (non-hydrogen) atoms. The first-order valence-electron chi connectivity index (χ1n) is 13.6. The summed E-state index contributed by atoms with van der Waals surface area (Å²) in [7, 11) is -3.27. The lowest BCUT2D eigenvalue weighted by Crippen LogP contribution is -2.16. The number of rotatable bonds is 19. The Bertz CT molecular complexity index is 940. The monoisotopic (exact) mass is 489 g/mol. The van der Waals surface area contributed by atoms with Crippen LogP contribution in [0.2, 0.25) is 0 Å². The normalized spacial score (nSPS) is 11.9. The van der Waals surface area contributed by atoms with E-state index in [1.54, 1.807) is 0 Å². The number of phenolic OH excluding ortho intramolecular Hbond substituents is 1. The van der Waals surface area contributed by atoms with Crippen LogP contribution in [0.3, 0.4) is 0 Å². The average Bonchev–Trinajstić information content (AvgIpc) is 2.80. The fourth-order valence-corrected chi connectivity index (χ4v) is 5.52. The van der Waals surface area contributed by atoms with E-state index in [0.29, 0.717) is 12.2 Å². The Morgan fingerprint density at radius 2 is 1.15 bits per heavy atom. The van der Waals surface area contributed by atoms with Crippen molar-refractivity contribution in [2.24, 2.45) is 5.14 Å². The second kappa shape index (κ2) is 16.1. The molecule has 0 bridgehead atoms. The van der Waals surface area contributed by atoms with Crippen molar-refractivity contribution in [3.8, 4) is 5.75 Å². The molecule has 0 saturated carbocycles. The van der Waals surface area contributed by atoms with Crippen LogP contribution in [0.4, 0.5) is 0 Å². The summed E-state index contributed by atoms with van der Waals surface area (Å²) in [5.41, 5.74) is 2.51. The highest BCUT2D eigenvalue weighted by atomic mass is 32.2. The molecular formula is C29H47NO3S. The molecule has 5 heteroatoms. The van der Waals surface area contributed by atoms with Crippen molar-refractivity contribution in [2.75, 3.05) is 5.75 Å². The maximum Gasteiger partial charge on any atom is 0.209 e. The molecule has 3 N–H and O–H groups in total. The van der Waals surface area contributed by atoms with Crippen molar-refractivity contribution < 1.29 is 13.5 Å². The second-order valence-electron chi connectivity index (χ2n) is 10.0. The summed E-state index contributed by atoms with van der Waals surface area (Å²) in [4.78, 5) is 0. The van der Waals surface area contributed by atoms with Crippen LogP contribution in [-0.2, 0) is 16.4 Å². The maximum atomic E-state index is 10.9. The standard InChI is InChI=1S/C29H47NO3S/c1-25-22-23-28(31)29-26(20-18-21-27(25)29)19-16-14-12-10-8-6-4-2-3-5-7-9-11-13-15-17-24-34(30,32)33/h18,20-23,31H,2-17,19,24H2,1H3,(H2,30,32,33). The highest BCUT2D eigenvalue weighted by molar-refractivity contribution is 7.89. The molecule has 0 saturated heterocycles. The number of phenols is 1. The first kappa shape index (κ1) is 28.6. The Balaban J connectivity index is 1.39. The molecule has 2 rings (SSSR count). The summed E-state index contributed by atoms with van der Waals surface area (Å²) in [5, 5.41) is 17.6. The van der Waals surface area contributed by atoms with Crippen molar-refractivity contribution >= 4 is 20.8 Å². The molecule has 0 fully saturated rings. The van der Waals surface area contributed by atoms with Crippen LogP contribution in [-0.4, -0.2) is 19.3 Å². The van der Waals surface area contributed by atoms with Crippen molar-refractivity contribution in [1.29, 1.82) is 0 Å². The van der Waals surface area contributed by atoms with Crippen molar-refractivity contribution in [3.63, 3.8) is 0 Å². The molecule has 0 unspecified atom stereocenters. The smallest absolute Gasteiger partial charge is 0.209 e. The van der Waals surface area contributed by atoms with Gasteiger partial charge in [0.15, 0.2) is 0 Å². The van der Waals surface area contributed by atoms with Gasteiger partial charge in [-0.05, 0) is 48.8 Å². The summed E-state index contributed by atoms with van der Waals surface area (Å²) < 4.78 is 21.7. The van der Waals surface area contributed by atoms with Crippen molar-refractivity contribution in [1.82, 2.24) is 0 Å². The highest BCUT2D eigenvalue weighted by Gasteiger charge is 2.07. The van der Waals surface area contributed by atoms with Crippen LogP contribution in [0.15, 0.2) is 30.3 Å². The van der Waals surface area contributed by atoms with Crippen LogP contribution < -0.4 is 5.14 Å². The largest absolute Gasteiger partial charge is 0.507 e. The molecule has 0 aliphatic rings. The summed E-state index contributed by atoms with van der Waals surface area (Å²) >= 11 is 0. The lowest BCUT2D eigenvalue weighted by atomic mass is 9.96. The van der Waals surface area contributed by atoms with Crippen LogP contribution >= 0.6 is 0 Å². The first-order valence-corrected chi connectivity index (χ1v) is 15.3. The lowest BCUT2D eigenvalue weighted by Gasteiger charge is -2.10. The van der Waals surface area contributed by atoms with Crippen LogP contribution in [0.5, 0.6) is 5.75 Å². The van der Waals surface area contributed by atoms with Gasteiger partial charge in [0.25, 0.3) is 0 Å². The minimum absolute atomic E-state index is 0.128. The molecule has 0 aliphatic heterocycles. The van der Waals surface area contributed by atoms with Gasteiger partial charge in [0.1, 0.15) is 5.75 Å². The molecule has 0 atom stereocenters. The molecule has 0 aliphatic carbocycles. The van der Waals surface area contributed by atoms with Crippen molar-refractivity contribution in [3.05, 3.63) is 41.5 Å². The van der Waals surface area contributed by atoms with Gasteiger partial charge in [-0.3, -0.25) is 0 Å². The third-order valence-electron chi connectivity index (χ3n) is 6.95. The van der Waals surface area contributed by atoms with Crippen LogP contribution in [0.25, 0.3) is 10.8 Å². The number of sulfonamides is 1. The van der Waals surface area contributed by atoms with Gasteiger partial charge in [0.2, 0.25) is 10.0 Å². The molecule has 192 valence electrons. The SMILES string of the molecule is Cc1ccc(O)c2c(CCCCCCCCCCCCCCCCCCS(N)(=O)=O)cccc12. The summed E-state index contributed by atoms with van der Waals surface area (Å²) in [6, 6.07) is 10.2. The van der Waals surface area contributed by atoms with Gasteiger partial charge in [-0.25, -0.2) is 13.6 Å². The molecule has 0 radical (unpaired) electrons. The molecule has 4 nitrogen and oxygen atoms in total. The van der Waals surface area contributed by atoms with E-state index >= 15 is 0 Å². The van der Waals surface area contributed by atoms with Gasteiger partial charge < -0.3 is 5.11 Å². The first-order chi connectivity index (χ1) is 16.4. The van der Waals surface area contributed by atoms with E-state index in [-0.39, 0.29) is 5.75 Å². The van der Waals surface area contributed by atoms with E-state index in [1.165, 1.54) is 100.0 Å². The minimum atomic E-state index is -3.27. The van der Waals surface area contributed by atoms with E-state index in [0.717, 1.165) is 24.6 Å². The summed E-state index contributed by atoms with van der Waals surface area (Å²) in [6.07, 6.45) is 20.9. The predicted molar refractivity (Wildman–Crippen MR) is 146 cm³/mol. The summed E-state index contributed by atoms with van der Waals surface area (Å²) in [5.74, 6) is 0.539. The van der Waals surface area contributed by atoms with Gasteiger partial charge in [-0.15, -0.1) is 0 Å². The zero-order valence-corrected chi connectivity index (χ0v) is 22.2. The Morgan fingerprint density at radius 1 is 0.676 bits per heavy atom. The molecule has 0 spiro atoms. The zero-order chi connectivity index (χ0) is 24.7. The third-order valence-corrected chi connectivity index (χ3v) is 7.81.